The number of carbonyl (C=O) groups is 1. The number of rotatable bonds is 9. The number of benzene rings is 2. The van der Waals surface area contributed by atoms with Crippen molar-refractivity contribution in [3.05, 3.63) is 71.4 Å². The smallest absolute Gasteiger partial charge is 0.308 e. The molecule has 4 aromatic rings. The van der Waals surface area contributed by atoms with Crippen molar-refractivity contribution in [2.45, 2.75) is 39.2 Å². The van der Waals surface area contributed by atoms with Crippen LogP contribution in [0.2, 0.25) is 0 Å². The minimum Gasteiger partial charge on any atom is -0.465 e. The highest BCUT2D eigenvalue weighted by Crippen LogP contribution is 2.18. The highest BCUT2D eigenvalue weighted by molar-refractivity contribution is 5.70. The average molecular weight is 448 g/mol. The van der Waals surface area contributed by atoms with E-state index in [0.29, 0.717) is 36.3 Å². The van der Waals surface area contributed by atoms with E-state index in [4.69, 9.17) is 13.8 Å². The molecule has 0 saturated carbocycles. The Morgan fingerprint density at radius 3 is 1.88 bits per heavy atom. The topological polar surface area (TPSA) is 124 Å². The Bertz CT molecular complexity index is 1200. The normalized spacial score (nSPS) is 12.0. The number of hydrogen-bond donors (Lipinski definition) is 1. The summed E-state index contributed by atoms with van der Waals surface area (Å²) in [6.45, 7) is 3.71. The highest BCUT2D eigenvalue weighted by Gasteiger charge is 2.14. The number of esters is 1. The zero-order valence-corrected chi connectivity index (χ0v) is 18.4. The largest absolute Gasteiger partial charge is 0.465 e. The third-order valence-corrected chi connectivity index (χ3v) is 5.01. The lowest BCUT2D eigenvalue weighted by molar-refractivity contribution is -0.145. The van der Waals surface area contributed by atoms with Crippen LogP contribution < -0.4 is 0 Å². The van der Waals surface area contributed by atoms with Gasteiger partial charge in [0, 0.05) is 31.4 Å². The van der Waals surface area contributed by atoms with Gasteiger partial charge in [-0.2, -0.15) is 9.97 Å². The molecule has 1 unspecified atom stereocenters. The van der Waals surface area contributed by atoms with Crippen molar-refractivity contribution in [3.63, 3.8) is 0 Å². The van der Waals surface area contributed by atoms with E-state index in [0.717, 1.165) is 22.3 Å². The lowest BCUT2D eigenvalue weighted by atomic mass is 10.0. The van der Waals surface area contributed by atoms with Crippen LogP contribution in [-0.4, -0.2) is 44.1 Å². The maximum atomic E-state index is 12.1. The molecular weight excluding hydrogens is 424 g/mol. The molecule has 2 heterocycles. The van der Waals surface area contributed by atoms with E-state index in [-0.39, 0.29) is 13.0 Å². The van der Waals surface area contributed by atoms with Crippen LogP contribution in [0.3, 0.4) is 0 Å². The molecule has 4 rings (SSSR count). The van der Waals surface area contributed by atoms with Gasteiger partial charge in [0.05, 0.1) is 19.1 Å². The first-order valence-electron chi connectivity index (χ1n) is 10.6. The second-order valence-corrected chi connectivity index (χ2v) is 7.70. The molecule has 0 radical (unpaired) electrons. The summed E-state index contributed by atoms with van der Waals surface area (Å²) in [7, 11) is 0. The van der Waals surface area contributed by atoms with Crippen LogP contribution in [0.5, 0.6) is 0 Å². The molecular formula is C24H24N4O5. The van der Waals surface area contributed by atoms with Gasteiger partial charge in [0.25, 0.3) is 0 Å². The van der Waals surface area contributed by atoms with Gasteiger partial charge in [-0.3, -0.25) is 4.79 Å². The van der Waals surface area contributed by atoms with Crippen LogP contribution in [0.1, 0.15) is 29.3 Å². The fourth-order valence-electron chi connectivity index (χ4n) is 3.32. The highest BCUT2D eigenvalue weighted by atomic mass is 16.5. The van der Waals surface area contributed by atoms with E-state index in [1.165, 1.54) is 0 Å². The second-order valence-electron chi connectivity index (χ2n) is 7.70. The summed E-state index contributed by atoms with van der Waals surface area (Å²) in [5, 5.41) is 18.0. The first kappa shape index (κ1) is 22.3. The van der Waals surface area contributed by atoms with Crippen LogP contribution in [0.4, 0.5) is 0 Å². The Morgan fingerprint density at radius 2 is 1.39 bits per heavy atom. The third kappa shape index (κ3) is 6.11. The van der Waals surface area contributed by atoms with Gasteiger partial charge in [0.15, 0.2) is 0 Å². The summed E-state index contributed by atoms with van der Waals surface area (Å²) in [4.78, 5) is 20.5. The molecule has 9 heteroatoms. The summed E-state index contributed by atoms with van der Waals surface area (Å²) in [6, 6.07) is 15.1. The predicted molar refractivity (Wildman–Crippen MR) is 118 cm³/mol. The Kier molecular flexibility index (Phi) is 6.89. The zero-order chi connectivity index (χ0) is 23.2. The van der Waals surface area contributed by atoms with E-state index in [9.17, 15) is 9.90 Å². The van der Waals surface area contributed by atoms with Crippen molar-refractivity contribution in [3.8, 4) is 22.8 Å². The van der Waals surface area contributed by atoms with Crippen molar-refractivity contribution in [1.82, 2.24) is 20.3 Å². The maximum Gasteiger partial charge on any atom is 0.308 e. The molecule has 1 atom stereocenters. The fourth-order valence-corrected chi connectivity index (χ4v) is 3.32. The number of aromatic nitrogens is 4. The molecule has 2 aromatic carbocycles. The number of aliphatic hydroxyl groups excluding tert-OH is 1. The molecule has 1 N–H and O–H groups in total. The summed E-state index contributed by atoms with van der Waals surface area (Å²) < 4.78 is 15.3. The van der Waals surface area contributed by atoms with Gasteiger partial charge in [-0.25, -0.2) is 0 Å². The molecule has 0 aliphatic rings. The van der Waals surface area contributed by atoms with Crippen molar-refractivity contribution in [1.29, 1.82) is 0 Å². The fraction of sp³-hybridized carbons (Fsp3) is 0.292. The lowest BCUT2D eigenvalue weighted by Crippen LogP contribution is -2.19. The molecule has 0 bridgehead atoms. The van der Waals surface area contributed by atoms with Crippen LogP contribution in [-0.2, 0) is 22.4 Å². The number of aliphatic hydroxyl groups is 1. The Morgan fingerprint density at radius 1 is 0.879 bits per heavy atom. The lowest BCUT2D eigenvalue weighted by Gasteiger charge is -2.11. The van der Waals surface area contributed by atoms with Gasteiger partial charge in [0.1, 0.15) is 0 Å². The SMILES string of the molecule is Cc1nc(-c2ccc(CCOC(=O)CC(O)Cc3ccc(-c4noc(C)n4)cc3)cc2)no1. The molecule has 0 spiro atoms. The van der Waals surface area contributed by atoms with E-state index < -0.39 is 12.1 Å². The van der Waals surface area contributed by atoms with Crippen LogP contribution in [0, 0.1) is 13.8 Å². The van der Waals surface area contributed by atoms with Gasteiger partial charge >= 0.3 is 5.97 Å². The van der Waals surface area contributed by atoms with Gasteiger partial charge in [0.2, 0.25) is 23.4 Å². The van der Waals surface area contributed by atoms with Crippen LogP contribution in [0.25, 0.3) is 22.8 Å². The molecule has 9 nitrogen and oxygen atoms in total. The molecule has 0 fully saturated rings. The van der Waals surface area contributed by atoms with E-state index >= 15 is 0 Å². The number of hydrogen-bond acceptors (Lipinski definition) is 9. The molecule has 170 valence electrons. The van der Waals surface area contributed by atoms with Gasteiger partial charge in [-0.05, 0) is 17.5 Å². The first-order valence-corrected chi connectivity index (χ1v) is 10.6. The Labute approximate surface area is 190 Å². The number of aryl methyl sites for hydroxylation is 2. The number of carbonyl (C=O) groups excluding carboxylic acids is 1. The molecule has 0 saturated heterocycles. The van der Waals surface area contributed by atoms with E-state index in [2.05, 4.69) is 20.3 Å². The predicted octanol–water partition coefficient (Wildman–Crippen LogP) is 3.48. The van der Waals surface area contributed by atoms with Crippen molar-refractivity contribution in [2.24, 2.45) is 0 Å². The van der Waals surface area contributed by atoms with Crippen LogP contribution >= 0.6 is 0 Å². The summed E-state index contributed by atoms with van der Waals surface area (Å²) in [6.07, 6.45) is 0.0257. The van der Waals surface area contributed by atoms with Gasteiger partial charge in [-0.1, -0.05) is 58.8 Å². The summed E-state index contributed by atoms with van der Waals surface area (Å²) >= 11 is 0. The quantitative estimate of drug-likeness (QED) is 0.383. The molecule has 0 aliphatic heterocycles. The maximum absolute atomic E-state index is 12.1. The zero-order valence-electron chi connectivity index (χ0n) is 18.4. The molecule has 2 aromatic heterocycles. The molecule has 33 heavy (non-hydrogen) atoms. The summed E-state index contributed by atoms with van der Waals surface area (Å²) in [5.74, 6) is 1.64. The average Bonchev–Trinajstić information content (AvgIpc) is 3.43. The van der Waals surface area contributed by atoms with E-state index in [1.807, 2.05) is 48.5 Å². The van der Waals surface area contributed by atoms with Crippen molar-refractivity contribution >= 4 is 5.97 Å². The van der Waals surface area contributed by atoms with E-state index in [1.54, 1.807) is 13.8 Å². The minimum absolute atomic E-state index is 0.0676. The number of ether oxygens (including phenoxy) is 1. The monoisotopic (exact) mass is 448 g/mol. The molecule has 0 amide bonds. The summed E-state index contributed by atoms with van der Waals surface area (Å²) in [5.41, 5.74) is 3.60. The Balaban J connectivity index is 1.19. The minimum atomic E-state index is -0.825. The van der Waals surface area contributed by atoms with Gasteiger partial charge < -0.3 is 18.9 Å². The second kappa shape index (κ2) is 10.2. The molecule has 0 aliphatic carbocycles. The Hall–Kier alpha value is -3.85. The first-order chi connectivity index (χ1) is 16.0. The third-order valence-electron chi connectivity index (χ3n) is 5.01. The number of nitrogens with zero attached hydrogens (tertiary/aromatic N) is 4. The van der Waals surface area contributed by atoms with Crippen molar-refractivity contribution < 1.29 is 23.7 Å². The van der Waals surface area contributed by atoms with Crippen LogP contribution in [0.15, 0.2) is 57.6 Å². The van der Waals surface area contributed by atoms with Gasteiger partial charge in [-0.15, -0.1) is 0 Å². The standard InChI is InChI=1S/C24H24N4O5/c1-15-25-23(27-32-15)19-7-3-17(4-8-19)11-12-31-22(30)14-21(29)13-18-5-9-20(10-6-18)24-26-16(2)33-28-24/h3-10,21,29H,11-14H2,1-2H3. The van der Waals surface area contributed by atoms with Crippen molar-refractivity contribution in [2.75, 3.05) is 6.61 Å².